The Labute approximate surface area is 168 Å². The lowest BCUT2D eigenvalue weighted by Gasteiger charge is -2.47. The number of urea groups is 1. The molecular weight excluding hydrogens is 382 g/mol. The van der Waals surface area contributed by atoms with E-state index in [-0.39, 0.29) is 0 Å². The molecule has 10 heteroatoms. The molecule has 0 spiro atoms. The fraction of sp³-hybridized carbons (Fsp3) is 0.737. The van der Waals surface area contributed by atoms with Crippen molar-refractivity contribution in [2.24, 2.45) is 0 Å². The van der Waals surface area contributed by atoms with E-state index in [1.807, 2.05) is 5.32 Å². The van der Waals surface area contributed by atoms with Gasteiger partial charge in [-0.25, -0.2) is 4.79 Å². The number of nitrogens with one attached hydrogen (secondary N) is 1. The summed E-state index contributed by atoms with van der Waals surface area (Å²) in [4.78, 5) is 64.5. The molecular formula is C19H27N3O7. The first-order valence-electron chi connectivity index (χ1n) is 10.2. The van der Waals surface area contributed by atoms with Crippen LogP contribution >= 0.6 is 0 Å². The zero-order chi connectivity index (χ0) is 21.2. The Morgan fingerprint density at radius 1 is 0.862 bits per heavy atom. The number of carboxylic acids is 1. The van der Waals surface area contributed by atoms with E-state index < -0.39 is 54.0 Å². The molecule has 0 bridgehead atoms. The van der Waals surface area contributed by atoms with Crippen LogP contribution in [0.5, 0.6) is 0 Å². The summed E-state index contributed by atoms with van der Waals surface area (Å²) in [6, 6.07) is -1.78. The van der Waals surface area contributed by atoms with Crippen molar-refractivity contribution in [3.63, 3.8) is 0 Å². The molecule has 10 nitrogen and oxygen atoms in total. The van der Waals surface area contributed by atoms with Crippen molar-refractivity contribution in [2.75, 3.05) is 6.54 Å². The van der Waals surface area contributed by atoms with Crippen molar-refractivity contribution in [1.29, 1.82) is 0 Å². The fourth-order valence-corrected chi connectivity index (χ4v) is 4.53. The summed E-state index contributed by atoms with van der Waals surface area (Å²) in [6.07, 6.45) is 7.25. The number of amides is 5. The summed E-state index contributed by atoms with van der Waals surface area (Å²) in [5.74, 6) is -5.37. The van der Waals surface area contributed by atoms with Crippen LogP contribution in [-0.4, -0.2) is 74.0 Å². The summed E-state index contributed by atoms with van der Waals surface area (Å²) in [7, 11) is 0. The van der Waals surface area contributed by atoms with Crippen molar-refractivity contribution in [2.45, 2.75) is 81.9 Å². The Hall–Kier alpha value is -2.49. The molecule has 0 aromatic rings. The van der Waals surface area contributed by atoms with Gasteiger partial charge in [0, 0.05) is 12.1 Å². The van der Waals surface area contributed by atoms with E-state index in [9.17, 15) is 29.1 Å². The second-order valence-electron chi connectivity index (χ2n) is 8.00. The van der Waals surface area contributed by atoms with Gasteiger partial charge in [0.25, 0.3) is 17.7 Å². The zero-order valence-electron chi connectivity index (χ0n) is 16.3. The predicted molar refractivity (Wildman–Crippen MR) is 98.4 cm³/mol. The molecule has 1 heterocycles. The number of carboxylic acid groups (broad SMARTS) is 1. The number of barbiturate groups is 1. The molecule has 3 N–H and O–H groups in total. The first-order chi connectivity index (χ1) is 13.8. The average molecular weight is 409 g/mol. The molecule has 1 saturated heterocycles. The normalized spacial score (nSPS) is 24.0. The predicted octanol–water partition coefficient (Wildman–Crippen LogP) is 0.374. The Bertz CT molecular complexity index is 671. The number of aliphatic hydroxyl groups is 1. The largest absolute Gasteiger partial charge is 0.480 e. The van der Waals surface area contributed by atoms with E-state index in [1.165, 1.54) is 0 Å². The maximum atomic E-state index is 13.2. The lowest BCUT2D eigenvalue weighted by Crippen LogP contribution is -2.76. The van der Waals surface area contributed by atoms with Crippen molar-refractivity contribution in [3.8, 4) is 0 Å². The molecule has 0 radical (unpaired) electrons. The van der Waals surface area contributed by atoms with Crippen LogP contribution < -0.4 is 5.32 Å². The standard InChI is InChI=1S/C19H27N3O7/c23-14(24)11-20-15(25)19(29)16(26)21(12-7-3-1-4-8-12)18(28)22(17(19)27)13-9-5-2-6-10-13/h12-13,29H,1-11H2,(H,20,25)(H,23,24). The van der Waals surface area contributed by atoms with Gasteiger partial charge < -0.3 is 15.5 Å². The van der Waals surface area contributed by atoms with Crippen LogP contribution in [0.2, 0.25) is 0 Å². The van der Waals surface area contributed by atoms with Crippen LogP contribution in [0.15, 0.2) is 0 Å². The van der Waals surface area contributed by atoms with E-state index in [0.29, 0.717) is 25.7 Å². The zero-order valence-corrected chi connectivity index (χ0v) is 16.3. The molecule has 0 aromatic carbocycles. The summed E-state index contributed by atoms with van der Waals surface area (Å²) >= 11 is 0. The van der Waals surface area contributed by atoms with Gasteiger partial charge in [-0.2, -0.15) is 0 Å². The van der Waals surface area contributed by atoms with Gasteiger partial charge in [0.15, 0.2) is 0 Å². The third-order valence-electron chi connectivity index (χ3n) is 6.08. The molecule has 0 atom stereocenters. The van der Waals surface area contributed by atoms with Gasteiger partial charge in [-0.05, 0) is 25.7 Å². The third kappa shape index (κ3) is 3.85. The van der Waals surface area contributed by atoms with Crippen LogP contribution in [0.4, 0.5) is 4.79 Å². The fourth-order valence-electron chi connectivity index (χ4n) is 4.53. The van der Waals surface area contributed by atoms with Crippen LogP contribution in [-0.2, 0) is 19.2 Å². The number of imide groups is 2. The number of hydrogen-bond donors (Lipinski definition) is 3. The number of carbonyl (C=O) groups is 5. The molecule has 2 saturated carbocycles. The Morgan fingerprint density at radius 2 is 1.28 bits per heavy atom. The van der Waals surface area contributed by atoms with Crippen LogP contribution in [0.1, 0.15) is 64.2 Å². The average Bonchev–Trinajstić information content (AvgIpc) is 2.72. The molecule has 3 fully saturated rings. The number of carbonyl (C=O) groups excluding carboxylic acids is 4. The van der Waals surface area contributed by atoms with E-state index in [4.69, 9.17) is 5.11 Å². The minimum atomic E-state index is -3.14. The molecule has 0 aromatic heterocycles. The van der Waals surface area contributed by atoms with E-state index in [0.717, 1.165) is 48.3 Å². The molecule has 3 aliphatic rings. The molecule has 0 unspecified atom stereocenters. The van der Waals surface area contributed by atoms with Crippen molar-refractivity contribution >= 4 is 29.7 Å². The highest BCUT2D eigenvalue weighted by atomic mass is 16.4. The summed E-state index contributed by atoms with van der Waals surface area (Å²) < 4.78 is 0. The number of aliphatic carboxylic acids is 1. The summed E-state index contributed by atoms with van der Waals surface area (Å²) in [6.45, 7) is -0.859. The lowest BCUT2D eigenvalue weighted by atomic mass is 9.87. The molecule has 1 aliphatic heterocycles. The molecule has 29 heavy (non-hydrogen) atoms. The van der Waals surface area contributed by atoms with Crippen LogP contribution in [0, 0.1) is 0 Å². The third-order valence-corrected chi connectivity index (χ3v) is 6.08. The Kier molecular flexibility index (Phi) is 6.21. The van der Waals surface area contributed by atoms with E-state index >= 15 is 0 Å². The Morgan fingerprint density at radius 3 is 1.66 bits per heavy atom. The van der Waals surface area contributed by atoms with Gasteiger partial charge in [0.1, 0.15) is 6.54 Å². The minimum absolute atomic E-state index is 0.498. The lowest BCUT2D eigenvalue weighted by molar-refractivity contribution is -0.178. The second kappa shape index (κ2) is 8.48. The van der Waals surface area contributed by atoms with Crippen LogP contribution in [0.3, 0.4) is 0 Å². The first-order valence-corrected chi connectivity index (χ1v) is 10.2. The van der Waals surface area contributed by atoms with E-state index in [2.05, 4.69) is 0 Å². The van der Waals surface area contributed by atoms with Gasteiger partial charge in [-0.15, -0.1) is 0 Å². The molecule has 3 rings (SSSR count). The Balaban J connectivity index is 1.97. The van der Waals surface area contributed by atoms with Gasteiger partial charge in [0.2, 0.25) is 0 Å². The SMILES string of the molecule is O=C(O)CNC(=O)C1(O)C(=O)N(C2CCCCC2)C(=O)N(C2CCCCC2)C1=O. The van der Waals surface area contributed by atoms with Crippen molar-refractivity contribution < 1.29 is 34.2 Å². The molecule has 5 amide bonds. The molecule has 2 aliphatic carbocycles. The number of hydrogen-bond acceptors (Lipinski definition) is 6. The number of nitrogens with zero attached hydrogens (tertiary/aromatic N) is 2. The topological polar surface area (TPSA) is 144 Å². The maximum absolute atomic E-state index is 13.2. The van der Waals surface area contributed by atoms with Gasteiger partial charge >= 0.3 is 17.6 Å². The monoisotopic (exact) mass is 409 g/mol. The van der Waals surface area contributed by atoms with Gasteiger partial charge in [0.05, 0.1) is 0 Å². The first kappa shape index (κ1) is 21.2. The molecule has 160 valence electrons. The highest BCUT2D eigenvalue weighted by Crippen LogP contribution is 2.34. The maximum Gasteiger partial charge on any atom is 0.334 e. The van der Waals surface area contributed by atoms with Crippen molar-refractivity contribution in [3.05, 3.63) is 0 Å². The minimum Gasteiger partial charge on any atom is -0.480 e. The highest BCUT2D eigenvalue weighted by molar-refractivity contribution is 6.33. The van der Waals surface area contributed by atoms with Crippen LogP contribution in [0.25, 0.3) is 0 Å². The van der Waals surface area contributed by atoms with Gasteiger partial charge in [-0.1, -0.05) is 38.5 Å². The quantitative estimate of drug-likeness (QED) is 0.557. The summed E-state index contributed by atoms with van der Waals surface area (Å²) in [5, 5.41) is 21.7. The summed E-state index contributed by atoms with van der Waals surface area (Å²) in [5.41, 5.74) is -3.14. The van der Waals surface area contributed by atoms with E-state index in [1.54, 1.807) is 0 Å². The van der Waals surface area contributed by atoms with Crippen molar-refractivity contribution in [1.82, 2.24) is 15.1 Å². The second-order valence-corrected chi connectivity index (χ2v) is 8.00. The highest BCUT2D eigenvalue weighted by Gasteiger charge is 2.63. The number of rotatable bonds is 5. The van der Waals surface area contributed by atoms with Gasteiger partial charge in [-0.3, -0.25) is 29.0 Å². The smallest absolute Gasteiger partial charge is 0.334 e.